The van der Waals surface area contributed by atoms with Crippen LogP contribution < -0.4 is 4.72 Å². The van der Waals surface area contributed by atoms with Gasteiger partial charge in [0.25, 0.3) is 5.91 Å². The smallest absolute Gasteiger partial charge is 0.306 e. The van der Waals surface area contributed by atoms with Crippen LogP contribution in [0.4, 0.5) is 0 Å². The van der Waals surface area contributed by atoms with Crippen molar-refractivity contribution in [1.82, 2.24) is 9.62 Å². The van der Waals surface area contributed by atoms with Crippen molar-refractivity contribution in [2.45, 2.75) is 37.2 Å². The van der Waals surface area contributed by atoms with Gasteiger partial charge in [0, 0.05) is 25.1 Å². The summed E-state index contributed by atoms with van der Waals surface area (Å²) < 4.78 is 31.0. The molecule has 1 N–H and O–H groups in total. The standard InChI is InChI=1S/C22H26N2O5S/c1-23-30(27,28)20-11-6-17(7-12-20)8-13-21(25)29-16-18-4-9-19(10-5-18)22(26)24-14-2-3-15-24/h4-7,9-12,23H,2-3,8,13-16H2,1H3. The Hall–Kier alpha value is -2.71. The minimum absolute atomic E-state index is 0.0459. The number of nitrogens with zero attached hydrogens (tertiary/aromatic N) is 1. The number of amides is 1. The summed E-state index contributed by atoms with van der Waals surface area (Å²) >= 11 is 0. The molecule has 0 atom stereocenters. The average molecular weight is 431 g/mol. The number of hydrogen-bond donors (Lipinski definition) is 1. The second-order valence-electron chi connectivity index (χ2n) is 7.21. The van der Waals surface area contributed by atoms with Crippen molar-refractivity contribution in [2.24, 2.45) is 0 Å². The number of nitrogens with one attached hydrogen (secondary N) is 1. The number of hydrogen-bond acceptors (Lipinski definition) is 5. The van der Waals surface area contributed by atoms with Gasteiger partial charge in [-0.3, -0.25) is 9.59 Å². The largest absolute Gasteiger partial charge is 0.461 e. The highest BCUT2D eigenvalue weighted by molar-refractivity contribution is 7.89. The molecule has 0 radical (unpaired) electrons. The van der Waals surface area contributed by atoms with Crippen LogP contribution in [-0.4, -0.2) is 45.3 Å². The van der Waals surface area contributed by atoms with Gasteiger partial charge in [-0.2, -0.15) is 0 Å². The van der Waals surface area contributed by atoms with Crippen LogP contribution in [0.25, 0.3) is 0 Å². The second-order valence-corrected chi connectivity index (χ2v) is 9.09. The van der Waals surface area contributed by atoms with E-state index in [1.54, 1.807) is 36.4 Å². The number of carbonyl (C=O) groups is 2. The van der Waals surface area contributed by atoms with Gasteiger partial charge in [-0.15, -0.1) is 0 Å². The normalized spacial score (nSPS) is 14.0. The molecule has 2 aromatic rings. The Morgan fingerprint density at radius 2 is 1.57 bits per heavy atom. The SMILES string of the molecule is CNS(=O)(=O)c1ccc(CCC(=O)OCc2ccc(C(=O)N3CCCC3)cc2)cc1. The molecule has 1 amide bonds. The molecule has 2 aromatic carbocycles. The van der Waals surface area contributed by atoms with Gasteiger partial charge in [-0.25, -0.2) is 13.1 Å². The predicted molar refractivity (Wildman–Crippen MR) is 112 cm³/mol. The van der Waals surface area contributed by atoms with Gasteiger partial charge in [0.1, 0.15) is 6.61 Å². The first kappa shape index (κ1) is 22.0. The Morgan fingerprint density at radius 1 is 0.967 bits per heavy atom. The van der Waals surface area contributed by atoms with Crippen LogP contribution in [0, 0.1) is 0 Å². The molecule has 30 heavy (non-hydrogen) atoms. The molecular weight excluding hydrogens is 404 g/mol. The molecule has 1 heterocycles. The molecule has 0 aliphatic carbocycles. The maximum atomic E-state index is 12.3. The molecule has 1 aliphatic heterocycles. The van der Waals surface area contributed by atoms with E-state index < -0.39 is 10.0 Å². The summed E-state index contributed by atoms with van der Waals surface area (Å²) in [5, 5.41) is 0. The van der Waals surface area contributed by atoms with E-state index in [1.807, 2.05) is 4.90 Å². The second kappa shape index (κ2) is 9.86. The molecule has 1 fully saturated rings. The van der Waals surface area contributed by atoms with Crippen LogP contribution in [0.3, 0.4) is 0 Å². The summed E-state index contributed by atoms with van der Waals surface area (Å²) in [7, 11) is -2.11. The lowest BCUT2D eigenvalue weighted by atomic mass is 10.1. The Labute approximate surface area is 177 Å². The van der Waals surface area contributed by atoms with Crippen molar-refractivity contribution in [3.8, 4) is 0 Å². The van der Waals surface area contributed by atoms with E-state index in [9.17, 15) is 18.0 Å². The van der Waals surface area contributed by atoms with E-state index >= 15 is 0 Å². The third-order valence-corrected chi connectivity index (χ3v) is 6.54. The first-order chi connectivity index (χ1) is 14.4. The van der Waals surface area contributed by atoms with Gasteiger partial charge in [-0.05, 0) is 61.7 Å². The molecule has 0 spiro atoms. The van der Waals surface area contributed by atoms with Crippen molar-refractivity contribution in [2.75, 3.05) is 20.1 Å². The highest BCUT2D eigenvalue weighted by atomic mass is 32.2. The summed E-state index contributed by atoms with van der Waals surface area (Å²) in [5.41, 5.74) is 2.32. The fourth-order valence-corrected chi connectivity index (χ4v) is 4.01. The number of carbonyl (C=O) groups excluding carboxylic acids is 2. The van der Waals surface area contributed by atoms with Crippen molar-refractivity contribution in [1.29, 1.82) is 0 Å². The lowest BCUT2D eigenvalue weighted by Crippen LogP contribution is -2.27. The summed E-state index contributed by atoms with van der Waals surface area (Å²) in [6.45, 7) is 1.77. The highest BCUT2D eigenvalue weighted by Crippen LogP contribution is 2.15. The van der Waals surface area contributed by atoms with E-state index in [0.717, 1.165) is 37.1 Å². The molecule has 8 heteroatoms. The van der Waals surface area contributed by atoms with Crippen LogP contribution in [0.5, 0.6) is 0 Å². The van der Waals surface area contributed by atoms with Crippen molar-refractivity contribution >= 4 is 21.9 Å². The first-order valence-electron chi connectivity index (χ1n) is 9.95. The maximum Gasteiger partial charge on any atom is 0.306 e. The fraction of sp³-hybridized carbons (Fsp3) is 0.364. The van der Waals surface area contributed by atoms with Crippen LogP contribution >= 0.6 is 0 Å². The number of likely N-dealkylation sites (tertiary alicyclic amines) is 1. The lowest BCUT2D eigenvalue weighted by molar-refractivity contribution is -0.144. The molecule has 0 aromatic heterocycles. The minimum Gasteiger partial charge on any atom is -0.461 e. The molecule has 3 rings (SSSR count). The van der Waals surface area contributed by atoms with E-state index in [1.165, 1.54) is 19.2 Å². The summed E-state index contributed by atoms with van der Waals surface area (Å²) in [6.07, 6.45) is 2.77. The molecule has 7 nitrogen and oxygen atoms in total. The van der Waals surface area contributed by atoms with Crippen LogP contribution in [0.15, 0.2) is 53.4 Å². The van der Waals surface area contributed by atoms with Gasteiger partial charge in [0.15, 0.2) is 0 Å². The first-order valence-corrected chi connectivity index (χ1v) is 11.4. The Balaban J connectivity index is 1.45. The van der Waals surface area contributed by atoms with Gasteiger partial charge in [0.2, 0.25) is 10.0 Å². The highest BCUT2D eigenvalue weighted by Gasteiger charge is 2.19. The quantitative estimate of drug-likeness (QED) is 0.650. The number of sulfonamides is 1. The maximum absolute atomic E-state index is 12.3. The van der Waals surface area contributed by atoms with Crippen LogP contribution in [0.1, 0.15) is 40.7 Å². The Bertz CT molecular complexity index is 979. The fourth-order valence-electron chi connectivity index (χ4n) is 3.28. The monoisotopic (exact) mass is 430 g/mol. The van der Waals surface area contributed by atoms with Gasteiger partial charge < -0.3 is 9.64 Å². The Morgan fingerprint density at radius 3 is 2.17 bits per heavy atom. The Kier molecular flexibility index (Phi) is 7.23. The molecule has 160 valence electrons. The van der Waals surface area contributed by atoms with Gasteiger partial charge >= 0.3 is 5.97 Å². The number of rotatable bonds is 8. The van der Waals surface area contributed by atoms with Crippen LogP contribution in [0.2, 0.25) is 0 Å². The van der Waals surface area contributed by atoms with Gasteiger partial charge in [-0.1, -0.05) is 24.3 Å². The van der Waals surface area contributed by atoms with E-state index in [-0.39, 0.29) is 29.8 Å². The van der Waals surface area contributed by atoms with Crippen molar-refractivity contribution in [3.63, 3.8) is 0 Å². The zero-order valence-electron chi connectivity index (χ0n) is 17.0. The molecule has 1 saturated heterocycles. The molecule has 0 bridgehead atoms. The number of esters is 1. The predicted octanol–water partition coefficient (Wildman–Crippen LogP) is 2.51. The van der Waals surface area contributed by atoms with Crippen molar-refractivity contribution < 1.29 is 22.7 Å². The summed E-state index contributed by atoms with van der Waals surface area (Å²) in [5.74, 6) is -0.288. The van der Waals surface area contributed by atoms with E-state index in [2.05, 4.69) is 4.72 Å². The van der Waals surface area contributed by atoms with Gasteiger partial charge in [0.05, 0.1) is 4.90 Å². The zero-order chi connectivity index (χ0) is 21.6. The van der Waals surface area contributed by atoms with E-state index in [0.29, 0.717) is 12.0 Å². The topological polar surface area (TPSA) is 92.8 Å². The minimum atomic E-state index is -3.46. The summed E-state index contributed by atoms with van der Waals surface area (Å²) in [6, 6.07) is 13.5. The number of benzene rings is 2. The summed E-state index contributed by atoms with van der Waals surface area (Å²) in [4.78, 5) is 26.4. The molecule has 0 saturated carbocycles. The third-order valence-electron chi connectivity index (χ3n) is 5.11. The number of aryl methyl sites for hydroxylation is 1. The zero-order valence-corrected chi connectivity index (χ0v) is 17.8. The van der Waals surface area contributed by atoms with Crippen molar-refractivity contribution in [3.05, 3.63) is 65.2 Å². The average Bonchev–Trinajstić information content (AvgIpc) is 3.31. The molecule has 1 aliphatic rings. The third kappa shape index (κ3) is 5.67. The van der Waals surface area contributed by atoms with Crippen LogP contribution in [-0.2, 0) is 32.6 Å². The molecule has 0 unspecified atom stereocenters. The lowest BCUT2D eigenvalue weighted by Gasteiger charge is -2.15. The van der Waals surface area contributed by atoms with E-state index in [4.69, 9.17) is 4.74 Å². The number of ether oxygens (including phenoxy) is 1. The molecular formula is C22H26N2O5S.